The zero-order valence-corrected chi connectivity index (χ0v) is 7.90. The lowest BCUT2D eigenvalue weighted by atomic mass is 10.1. The number of carboxylic acids is 1. The van der Waals surface area contributed by atoms with Gasteiger partial charge in [0.15, 0.2) is 0 Å². The fourth-order valence-electron chi connectivity index (χ4n) is 1.39. The summed E-state index contributed by atoms with van der Waals surface area (Å²) >= 11 is 0. The topological polar surface area (TPSA) is 80.9 Å². The largest absolute Gasteiger partial charge is 0.481 e. The molecule has 1 aliphatic rings. The molecule has 1 heterocycles. The molecule has 0 spiro atoms. The van der Waals surface area contributed by atoms with E-state index in [0.29, 0.717) is 17.5 Å². The standard InChI is InChI=1S/C7H7F3N4O2/c8-7(9,10)4-11-12-13-14(4)3-6(1-2-6)5(15)16/h1-3H2,(H,15,16). The molecule has 1 aromatic rings. The average Bonchev–Trinajstić information content (AvgIpc) is 2.74. The molecule has 0 unspecified atom stereocenters. The van der Waals surface area contributed by atoms with Crippen molar-refractivity contribution in [3.05, 3.63) is 5.82 Å². The number of aliphatic carboxylic acids is 1. The zero-order valence-electron chi connectivity index (χ0n) is 7.90. The van der Waals surface area contributed by atoms with Crippen LogP contribution in [-0.4, -0.2) is 31.3 Å². The number of halogens is 3. The van der Waals surface area contributed by atoms with Gasteiger partial charge in [-0.15, -0.1) is 5.10 Å². The number of carboxylic acid groups (broad SMARTS) is 1. The van der Waals surface area contributed by atoms with Crippen molar-refractivity contribution in [2.75, 3.05) is 0 Å². The van der Waals surface area contributed by atoms with Gasteiger partial charge in [-0.25, -0.2) is 4.68 Å². The highest BCUT2D eigenvalue weighted by atomic mass is 19.4. The first kappa shape index (κ1) is 10.8. The summed E-state index contributed by atoms with van der Waals surface area (Å²) in [6.07, 6.45) is -3.98. The second-order valence-electron chi connectivity index (χ2n) is 3.74. The maximum Gasteiger partial charge on any atom is 0.453 e. The Morgan fingerprint density at radius 3 is 2.56 bits per heavy atom. The summed E-state index contributed by atoms with van der Waals surface area (Å²) in [5.74, 6) is -2.38. The Morgan fingerprint density at radius 2 is 2.12 bits per heavy atom. The number of rotatable bonds is 3. The Bertz CT molecular complexity index is 424. The van der Waals surface area contributed by atoms with Crippen LogP contribution in [0.5, 0.6) is 0 Å². The molecule has 6 nitrogen and oxygen atoms in total. The first-order valence-corrected chi connectivity index (χ1v) is 4.42. The summed E-state index contributed by atoms with van der Waals surface area (Å²) in [6, 6.07) is 0. The van der Waals surface area contributed by atoms with E-state index in [2.05, 4.69) is 15.5 Å². The number of hydrogen-bond acceptors (Lipinski definition) is 4. The van der Waals surface area contributed by atoms with Gasteiger partial charge in [-0.1, -0.05) is 0 Å². The monoisotopic (exact) mass is 236 g/mol. The van der Waals surface area contributed by atoms with Crippen molar-refractivity contribution in [2.24, 2.45) is 5.41 Å². The zero-order chi connectivity index (χ0) is 12.0. The third kappa shape index (κ3) is 1.72. The first-order chi connectivity index (χ1) is 7.35. The molecule has 2 rings (SSSR count). The van der Waals surface area contributed by atoms with Crippen molar-refractivity contribution in [1.29, 1.82) is 0 Å². The Kier molecular flexibility index (Phi) is 2.14. The van der Waals surface area contributed by atoms with Gasteiger partial charge in [0.05, 0.1) is 12.0 Å². The summed E-state index contributed by atoms with van der Waals surface area (Å²) in [4.78, 5) is 10.8. The van der Waals surface area contributed by atoms with Gasteiger partial charge in [0.1, 0.15) is 0 Å². The highest BCUT2D eigenvalue weighted by Crippen LogP contribution is 2.47. The molecular weight excluding hydrogens is 229 g/mol. The van der Waals surface area contributed by atoms with Gasteiger partial charge >= 0.3 is 12.1 Å². The van der Waals surface area contributed by atoms with Crippen molar-refractivity contribution in [1.82, 2.24) is 20.2 Å². The second kappa shape index (κ2) is 3.16. The number of hydrogen-bond donors (Lipinski definition) is 1. The van der Waals surface area contributed by atoms with Crippen molar-refractivity contribution in [3.8, 4) is 0 Å². The van der Waals surface area contributed by atoms with Crippen molar-refractivity contribution in [2.45, 2.75) is 25.6 Å². The van der Waals surface area contributed by atoms with E-state index in [1.807, 2.05) is 0 Å². The summed E-state index contributed by atoms with van der Waals surface area (Å²) < 4.78 is 37.6. The minimum atomic E-state index is -4.67. The van der Waals surface area contributed by atoms with Crippen LogP contribution in [0, 0.1) is 5.41 Å². The normalized spacial score (nSPS) is 18.4. The van der Waals surface area contributed by atoms with Gasteiger partial charge < -0.3 is 5.11 Å². The molecule has 16 heavy (non-hydrogen) atoms. The number of carbonyl (C=O) groups is 1. The van der Waals surface area contributed by atoms with Crippen molar-refractivity contribution >= 4 is 5.97 Å². The molecule has 0 bridgehead atoms. The van der Waals surface area contributed by atoms with Crippen LogP contribution in [0.1, 0.15) is 18.7 Å². The van der Waals surface area contributed by atoms with Gasteiger partial charge in [-0.3, -0.25) is 4.79 Å². The summed E-state index contributed by atoms with van der Waals surface area (Å²) in [5.41, 5.74) is -1.13. The van der Waals surface area contributed by atoms with Crippen molar-refractivity contribution in [3.63, 3.8) is 0 Å². The van der Waals surface area contributed by atoms with E-state index in [0.717, 1.165) is 0 Å². The highest BCUT2D eigenvalue weighted by Gasteiger charge is 2.52. The number of tetrazole rings is 1. The number of alkyl halides is 3. The summed E-state index contributed by atoms with van der Waals surface area (Å²) in [6.45, 7) is -0.343. The van der Waals surface area contributed by atoms with Crippen LogP contribution in [0.3, 0.4) is 0 Å². The third-order valence-electron chi connectivity index (χ3n) is 2.55. The molecule has 1 aliphatic carbocycles. The molecule has 0 amide bonds. The maximum atomic E-state index is 12.4. The Balaban J connectivity index is 2.23. The van der Waals surface area contributed by atoms with Crippen LogP contribution < -0.4 is 0 Å². The van der Waals surface area contributed by atoms with Gasteiger partial charge in [-0.05, 0) is 23.3 Å². The van der Waals surface area contributed by atoms with Crippen LogP contribution in [0.4, 0.5) is 13.2 Å². The molecule has 88 valence electrons. The summed E-state index contributed by atoms with van der Waals surface area (Å²) in [5, 5.41) is 17.7. The Morgan fingerprint density at radius 1 is 1.50 bits per heavy atom. The minimum Gasteiger partial charge on any atom is -0.481 e. The lowest BCUT2D eigenvalue weighted by Gasteiger charge is -2.11. The molecule has 0 radical (unpaired) electrons. The predicted octanol–water partition coefficient (Wildman–Crippen LogP) is 0.557. The average molecular weight is 236 g/mol. The summed E-state index contributed by atoms with van der Waals surface area (Å²) in [7, 11) is 0. The molecule has 0 saturated heterocycles. The quantitative estimate of drug-likeness (QED) is 0.829. The van der Waals surface area contributed by atoms with E-state index < -0.39 is 23.4 Å². The molecule has 1 aromatic heterocycles. The lowest BCUT2D eigenvalue weighted by Crippen LogP contribution is -2.25. The van der Waals surface area contributed by atoms with Crippen LogP contribution in [0.2, 0.25) is 0 Å². The Hall–Kier alpha value is -1.67. The van der Waals surface area contributed by atoms with Gasteiger partial charge in [0.25, 0.3) is 5.82 Å². The van der Waals surface area contributed by atoms with Crippen LogP contribution in [-0.2, 0) is 17.5 Å². The predicted molar refractivity (Wildman–Crippen MR) is 42.1 cm³/mol. The molecule has 1 N–H and O–H groups in total. The van der Waals surface area contributed by atoms with Gasteiger partial charge in [0.2, 0.25) is 0 Å². The van der Waals surface area contributed by atoms with Crippen molar-refractivity contribution < 1.29 is 23.1 Å². The molecule has 1 saturated carbocycles. The van der Waals surface area contributed by atoms with E-state index in [9.17, 15) is 18.0 Å². The van der Waals surface area contributed by atoms with E-state index in [1.54, 1.807) is 0 Å². The van der Waals surface area contributed by atoms with Crippen LogP contribution in [0.25, 0.3) is 0 Å². The smallest absolute Gasteiger partial charge is 0.453 e. The first-order valence-electron chi connectivity index (χ1n) is 4.42. The number of nitrogens with zero attached hydrogens (tertiary/aromatic N) is 4. The molecular formula is C7H7F3N4O2. The van der Waals surface area contributed by atoms with E-state index in [-0.39, 0.29) is 6.54 Å². The fourth-order valence-corrected chi connectivity index (χ4v) is 1.39. The minimum absolute atomic E-state index is 0.343. The van der Waals surface area contributed by atoms with Gasteiger partial charge in [0, 0.05) is 0 Å². The molecule has 0 atom stereocenters. The molecule has 0 aromatic carbocycles. The lowest BCUT2D eigenvalue weighted by molar-refractivity contribution is -0.151. The van der Waals surface area contributed by atoms with Crippen LogP contribution in [0.15, 0.2) is 0 Å². The third-order valence-corrected chi connectivity index (χ3v) is 2.55. The molecule has 0 aliphatic heterocycles. The SMILES string of the molecule is O=C(O)C1(Cn2nnnc2C(F)(F)F)CC1. The van der Waals surface area contributed by atoms with Gasteiger partial charge in [-0.2, -0.15) is 13.2 Å². The van der Waals surface area contributed by atoms with Crippen LogP contribution >= 0.6 is 0 Å². The second-order valence-corrected chi connectivity index (χ2v) is 3.74. The maximum absolute atomic E-state index is 12.4. The molecule has 1 fully saturated rings. The molecule has 9 heteroatoms. The van der Waals surface area contributed by atoms with E-state index >= 15 is 0 Å². The fraction of sp³-hybridized carbons (Fsp3) is 0.714. The van der Waals surface area contributed by atoms with E-state index in [4.69, 9.17) is 5.11 Å². The Labute approximate surface area is 87.1 Å². The number of aromatic nitrogens is 4. The van der Waals surface area contributed by atoms with E-state index in [1.165, 1.54) is 0 Å². The highest BCUT2D eigenvalue weighted by molar-refractivity contribution is 5.77.